The highest BCUT2D eigenvalue weighted by molar-refractivity contribution is 9.10. The van der Waals surface area contributed by atoms with Gasteiger partial charge in [0.05, 0.1) is 22.0 Å². The lowest BCUT2D eigenvalue weighted by molar-refractivity contribution is -0.385. The molecular weight excluding hydrogens is 560 g/mol. The minimum Gasteiger partial charge on any atom is -0.482 e. The van der Waals surface area contributed by atoms with Crippen LogP contribution in [-0.2, 0) is 13.0 Å². The topological polar surface area (TPSA) is 99.6 Å². The number of hydrogen-bond donors (Lipinski definition) is 0. The lowest BCUT2D eigenvalue weighted by atomic mass is 10.1. The third-order valence-corrected chi connectivity index (χ3v) is 6.89. The maximum Gasteiger partial charge on any atom is 0.311 e. The zero-order valence-electron chi connectivity index (χ0n) is 21.2. The first kappa shape index (κ1) is 26.2. The molecule has 0 saturated heterocycles. The molecule has 5 aromatic rings. The van der Waals surface area contributed by atoms with Gasteiger partial charge in [0, 0.05) is 22.5 Å². The Morgan fingerprint density at radius 3 is 2.69 bits per heavy atom. The number of halogens is 1. The van der Waals surface area contributed by atoms with E-state index in [2.05, 4.69) is 32.9 Å². The van der Waals surface area contributed by atoms with E-state index in [1.165, 1.54) is 17.0 Å². The molecule has 5 rings (SSSR count). The Labute approximate surface area is 232 Å². The number of unbranched alkanes of at least 4 members (excludes halogenated alkanes) is 1. The highest BCUT2D eigenvalue weighted by atomic mass is 79.9. The first-order chi connectivity index (χ1) is 18.9. The van der Waals surface area contributed by atoms with Crippen molar-refractivity contribution in [3.63, 3.8) is 0 Å². The Kier molecular flexibility index (Phi) is 7.79. The van der Waals surface area contributed by atoms with Crippen LogP contribution < -0.4 is 10.3 Å². The van der Waals surface area contributed by atoms with Gasteiger partial charge in [-0.3, -0.25) is 14.9 Å². The SMILES string of the molecule is CCCCc1nc2ccc(Br)cc2c(=O)n1N=Cc1ccc(OCc2cccc3ccccc23)c([N+](=O)[O-])c1. The number of nitrogens with zero attached hydrogens (tertiary/aromatic N) is 4. The largest absolute Gasteiger partial charge is 0.482 e. The second-order valence-electron chi connectivity index (χ2n) is 9.07. The van der Waals surface area contributed by atoms with Crippen LogP contribution in [0.2, 0.25) is 0 Å². The summed E-state index contributed by atoms with van der Waals surface area (Å²) in [7, 11) is 0. The summed E-state index contributed by atoms with van der Waals surface area (Å²) in [5, 5.41) is 18.8. The lowest BCUT2D eigenvalue weighted by Gasteiger charge is -2.10. The van der Waals surface area contributed by atoms with Gasteiger partial charge in [0.2, 0.25) is 0 Å². The van der Waals surface area contributed by atoms with Gasteiger partial charge < -0.3 is 4.74 Å². The van der Waals surface area contributed by atoms with Crippen LogP contribution in [0.1, 0.15) is 36.7 Å². The molecule has 0 aliphatic rings. The van der Waals surface area contributed by atoms with E-state index in [4.69, 9.17) is 4.74 Å². The monoisotopic (exact) mass is 584 g/mol. The molecule has 1 heterocycles. The smallest absolute Gasteiger partial charge is 0.311 e. The quantitative estimate of drug-likeness (QED) is 0.105. The van der Waals surface area contributed by atoms with E-state index in [0.717, 1.165) is 33.7 Å². The first-order valence-corrected chi connectivity index (χ1v) is 13.4. The van der Waals surface area contributed by atoms with Crippen molar-refractivity contribution in [1.82, 2.24) is 9.66 Å². The molecule has 8 nitrogen and oxygen atoms in total. The third-order valence-electron chi connectivity index (χ3n) is 6.39. The summed E-state index contributed by atoms with van der Waals surface area (Å²) in [6.45, 7) is 2.25. The van der Waals surface area contributed by atoms with Crippen molar-refractivity contribution in [2.45, 2.75) is 32.8 Å². The zero-order chi connectivity index (χ0) is 27.4. The molecule has 0 amide bonds. The van der Waals surface area contributed by atoms with Gasteiger partial charge in [-0.05, 0) is 53.1 Å². The van der Waals surface area contributed by atoms with Crippen LogP contribution in [0, 0.1) is 10.1 Å². The lowest BCUT2D eigenvalue weighted by Crippen LogP contribution is -2.22. The van der Waals surface area contributed by atoms with Gasteiger partial charge in [-0.1, -0.05) is 71.7 Å². The standard InChI is InChI=1S/C30H25BrN4O4/c1-2-3-11-29-33-26-14-13-23(31)17-25(26)30(36)34(29)32-18-20-12-15-28(27(16-20)35(37)38)39-19-22-9-6-8-21-7-4-5-10-24(21)22/h4-10,12-18H,2-3,11,19H2,1H3. The number of nitro groups is 1. The minimum absolute atomic E-state index is 0.156. The maximum atomic E-state index is 13.3. The Morgan fingerprint density at radius 1 is 1.05 bits per heavy atom. The number of nitro benzene ring substituents is 1. The fourth-order valence-corrected chi connectivity index (χ4v) is 4.75. The van der Waals surface area contributed by atoms with Gasteiger partial charge in [0.1, 0.15) is 12.4 Å². The molecule has 9 heteroatoms. The van der Waals surface area contributed by atoms with E-state index in [1.54, 1.807) is 24.3 Å². The number of hydrogen-bond acceptors (Lipinski definition) is 6. The number of aromatic nitrogens is 2. The average molecular weight is 585 g/mol. The van der Waals surface area contributed by atoms with Crippen molar-refractivity contribution in [2.24, 2.45) is 5.10 Å². The molecule has 0 fully saturated rings. The Morgan fingerprint density at radius 2 is 1.87 bits per heavy atom. The van der Waals surface area contributed by atoms with Gasteiger partial charge in [0.25, 0.3) is 5.56 Å². The second-order valence-corrected chi connectivity index (χ2v) is 9.98. The molecule has 4 aromatic carbocycles. The molecular formula is C30H25BrN4O4. The van der Waals surface area contributed by atoms with E-state index < -0.39 is 4.92 Å². The van der Waals surface area contributed by atoms with Crippen molar-refractivity contribution in [3.8, 4) is 5.75 Å². The second kappa shape index (κ2) is 11.6. The Bertz CT molecular complexity index is 1780. The van der Waals surface area contributed by atoms with Gasteiger partial charge in [-0.25, -0.2) is 4.98 Å². The van der Waals surface area contributed by atoms with E-state index in [1.807, 2.05) is 48.5 Å². The van der Waals surface area contributed by atoms with Gasteiger partial charge in [-0.2, -0.15) is 9.78 Å². The number of fused-ring (bicyclic) bond motifs is 2. The third kappa shape index (κ3) is 5.73. The van der Waals surface area contributed by atoms with Gasteiger partial charge in [0.15, 0.2) is 5.75 Å². The maximum absolute atomic E-state index is 13.3. The highest BCUT2D eigenvalue weighted by Gasteiger charge is 2.17. The summed E-state index contributed by atoms with van der Waals surface area (Å²) in [6.07, 6.45) is 3.79. The Hall–Kier alpha value is -4.37. The number of ether oxygens (including phenoxy) is 1. The van der Waals surface area contributed by atoms with Crippen molar-refractivity contribution in [3.05, 3.63) is 121 Å². The Balaban J connectivity index is 1.46. The minimum atomic E-state index is -0.482. The molecule has 0 N–H and O–H groups in total. The zero-order valence-corrected chi connectivity index (χ0v) is 22.8. The van der Waals surface area contributed by atoms with Crippen molar-refractivity contribution in [2.75, 3.05) is 0 Å². The average Bonchev–Trinajstić information content (AvgIpc) is 2.95. The normalized spacial score (nSPS) is 11.4. The van der Waals surface area contributed by atoms with Crippen LogP contribution in [0.15, 0.2) is 93.2 Å². The fraction of sp³-hybridized carbons (Fsp3) is 0.167. The molecule has 0 aliphatic carbocycles. The van der Waals surface area contributed by atoms with E-state index in [0.29, 0.717) is 28.7 Å². The molecule has 0 spiro atoms. The summed E-state index contributed by atoms with van der Waals surface area (Å²) in [5.74, 6) is 0.695. The fourth-order valence-electron chi connectivity index (χ4n) is 4.39. The van der Waals surface area contributed by atoms with Crippen LogP contribution in [-0.4, -0.2) is 20.8 Å². The van der Waals surface area contributed by atoms with Crippen LogP contribution in [0.5, 0.6) is 5.75 Å². The van der Waals surface area contributed by atoms with Crippen LogP contribution >= 0.6 is 15.9 Å². The van der Waals surface area contributed by atoms with Gasteiger partial charge >= 0.3 is 5.69 Å². The van der Waals surface area contributed by atoms with Crippen molar-refractivity contribution < 1.29 is 9.66 Å². The number of aryl methyl sites for hydroxylation is 1. The number of benzene rings is 4. The molecule has 0 aliphatic heterocycles. The number of rotatable bonds is 9. The summed E-state index contributed by atoms with van der Waals surface area (Å²) < 4.78 is 7.94. The predicted molar refractivity (Wildman–Crippen MR) is 157 cm³/mol. The molecule has 0 unspecified atom stereocenters. The molecule has 196 valence electrons. The molecule has 1 aromatic heterocycles. The van der Waals surface area contributed by atoms with Crippen molar-refractivity contribution in [1.29, 1.82) is 0 Å². The first-order valence-electron chi connectivity index (χ1n) is 12.6. The van der Waals surface area contributed by atoms with Gasteiger partial charge in [-0.15, -0.1) is 0 Å². The summed E-state index contributed by atoms with van der Waals surface area (Å²) in [6, 6.07) is 23.8. The molecule has 0 bridgehead atoms. The van der Waals surface area contributed by atoms with Crippen molar-refractivity contribution >= 4 is 49.5 Å². The molecule has 39 heavy (non-hydrogen) atoms. The van der Waals surface area contributed by atoms with Crippen LogP contribution in [0.25, 0.3) is 21.7 Å². The van der Waals surface area contributed by atoms with Crippen LogP contribution in [0.3, 0.4) is 0 Å². The van der Waals surface area contributed by atoms with Crippen LogP contribution in [0.4, 0.5) is 5.69 Å². The predicted octanol–water partition coefficient (Wildman–Crippen LogP) is 7.02. The van der Waals surface area contributed by atoms with E-state index >= 15 is 0 Å². The van der Waals surface area contributed by atoms with E-state index in [9.17, 15) is 14.9 Å². The molecule has 0 radical (unpaired) electrons. The molecule has 0 atom stereocenters. The molecule has 0 saturated carbocycles. The summed E-state index contributed by atoms with van der Waals surface area (Å²) in [4.78, 5) is 29.4. The highest BCUT2D eigenvalue weighted by Crippen LogP contribution is 2.29. The summed E-state index contributed by atoms with van der Waals surface area (Å²) in [5.41, 5.74) is 1.51. The van der Waals surface area contributed by atoms with E-state index in [-0.39, 0.29) is 23.6 Å². The summed E-state index contributed by atoms with van der Waals surface area (Å²) >= 11 is 3.40.